The first-order chi connectivity index (χ1) is 3.63. The standard InChI is InChI=1S/C3H6N2O3.Cr/c1-3(6)4-2-5(7)8;/h2H2,1H3,(H,4,6);/q;+3. The summed E-state index contributed by atoms with van der Waals surface area (Å²) in [5.74, 6) is -0.387. The summed E-state index contributed by atoms with van der Waals surface area (Å²) in [6.07, 6.45) is 0. The van der Waals surface area contributed by atoms with E-state index in [1.165, 1.54) is 6.92 Å². The molecule has 0 aliphatic heterocycles. The van der Waals surface area contributed by atoms with E-state index in [0.717, 1.165) is 0 Å². The van der Waals surface area contributed by atoms with Gasteiger partial charge in [-0.1, -0.05) is 0 Å². The van der Waals surface area contributed by atoms with E-state index in [0.29, 0.717) is 0 Å². The maximum atomic E-state index is 9.93. The summed E-state index contributed by atoms with van der Waals surface area (Å²) in [5, 5.41) is 11.5. The molecule has 49 valence electrons. The van der Waals surface area contributed by atoms with Crippen LogP contribution in [0.3, 0.4) is 0 Å². The van der Waals surface area contributed by atoms with Gasteiger partial charge >= 0.3 is 17.4 Å². The molecular formula is C3H6CrN2O3+3. The minimum Gasteiger partial charge on any atom is -0.297 e. The fourth-order valence-electron chi connectivity index (χ4n) is 0.176. The third-order valence-corrected chi connectivity index (χ3v) is 0.457. The molecule has 0 aromatic carbocycles. The van der Waals surface area contributed by atoms with Gasteiger partial charge in [0.05, 0.1) is 0 Å². The van der Waals surface area contributed by atoms with E-state index in [-0.39, 0.29) is 23.3 Å². The van der Waals surface area contributed by atoms with Gasteiger partial charge in [-0.25, -0.2) is 0 Å². The van der Waals surface area contributed by atoms with E-state index in [1.807, 2.05) is 5.32 Å². The van der Waals surface area contributed by atoms with Crippen LogP contribution in [0.5, 0.6) is 0 Å². The van der Waals surface area contributed by atoms with Crippen molar-refractivity contribution in [1.29, 1.82) is 0 Å². The predicted octanol–water partition coefficient (Wildman–Crippen LogP) is -0.646. The van der Waals surface area contributed by atoms with Gasteiger partial charge in [0, 0.05) is 11.8 Å². The maximum absolute atomic E-state index is 9.93. The van der Waals surface area contributed by atoms with Crippen LogP contribution in [0.15, 0.2) is 0 Å². The second-order valence-electron chi connectivity index (χ2n) is 1.22. The number of nitrogens with zero attached hydrogens (tertiary/aromatic N) is 1. The van der Waals surface area contributed by atoms with Crippen molar-refractivity contribution in [2.45, 2.75) is 6.92 Å². The molecule has 5 nitrogen and oxygen atoms in total. The molecule has 0 saturated heterocycles. The topological polar surface area (TPSA) is 72.2 Å². The zero-order valence-corrected chi connectivity index (χ0v) is 6.06. The maximum Gasteiger partial charge on any atom is 3.00 e. The van der Waals surface area contributed by atoms with E-state index in [2.05, 4.69) is 0 Å². The smallest absolute Gasteiger partial charge is 0.297 e. The van der Waals surface area contributed by atoms with Crippen LogP contribution in [0.1, 0.15) is 6.92 Å². The van der Waals surface area contributed by atoms with E-state index in [9.17, 15) is 14.9 Å². The van der Waals surface area contributed by atoms with Gasteiger partial charge in [-0.2, -0.15) is 0 Å². The molecule has 0 aromatic heterocycles. The first-order valence-corrected chi connectivity index (χ1v) is 1.99. The van der Waals surface area contributed by atoms with Gasteiger partial charge in [0.1, 0.15) is 0 Å². The molecule has 0 unspecified atom stereocenters. The molecule has 9 heavy (non-hydrogen) atoms. The van der Waals surface area contributed by atoms with Gasteiger partial charge in [0.15, 0.2) is 0 Å². The molecule has 0 fully saturated rings. The quantitative estimate of drug-likeness (QED) is 0.340. The molecule has 1 amide bonds. The van der Waals surface area contributed by atoms with Gasteiger partial charge in [0.2, 0.25) is 5.91 Å². The number of nitro groups is 1. The monoisotopic (exact) mass is 170 g/mol. The minimum absolute atomic E-state index is 0. The zero-order chi connectivity index (χ0) is 6.57. The third-order valence-electron chi connectivity index (χ3n) is 0.457. The fraction of sp³-hybridized carbons (Fsp3) is 0.667. The van der Waals surface area contributed by atoms with Crippen molar-refractivity contribution in [2.75, 3.05) is 6.67 Å². The van der Waals surface area contributed by atoms with Crippen LogP contribution in [-0.4, -0.2) is 17.5 Å². The van der Waals surface area contributed by atoms with Crippen LogP contribution in [0, 0.1) is 10.1 Å². The van der Waals surface area contributed by atoms with Crippen LogP contribution in [0.25, 0.3) is 0 Å². The molecular weight excluding hydrogens is 164 g/mol. The number of carbonyl (C=O) groups excluding carboxylic acids is 1. The Hall–Kier alpha value is -0.598. The zero-order valence-electron chi connectivity index (χ0n) is 4.79. The van der Waals surface area contributed by atoms with Gasteiger partial charge in [-0.15, -0.1) is 0 Å². The first-order valence-electron chi connectivity index (χ1n) is 1.99. The molecule has 0 aliphatic carbocycles. The van der Waals surface area contributed by atoms with Crippen molar-refractivity contribution in [3.05, 3.63) is 10.1 Å². The molecule has 0 bridgehead atoms. The van der Waals surface area contributed by atoms with Crippen LogP contribution in [-0.2, 0) is 22.2 Å². The normalized spacial score (nSPS) is 7.22. The Morgan fingerprint density at radius 3 is 2.33 bits per heavy atom. The average molecular weight is 170 g/mol. The van der Waals surface area contributed by atoms with Crippen LogP contribution >= 0.6 is 0 Å². The number of nitrogens with one attached hydrogen (secondary N) is 1. The molecule has 0 atom stereocenters. The van der Waals surface area contributed by atoms with Crippen molar-refractivity contribution < 1.29 is 27.1 Å². The third kappa shape index (κ3) is 11.1. The second-order valence-corrected chi connectivity index (χ2v) is 1.22. The molecule has 0 spiro atoms. The fourth-order valence-corrected chi connectivity index (χ4v) is 0.176. The van der Waals surface area contributed by atoms with Gasteiger partial charge < -0.3 is 0 Å². The SMILES string of the molecule is CC(=O)NC[N+](=O)[O-].[Cr+3]. The van der Waals surface area contributed by atoms with Crippen molar-refractivity contribution in [2.24, 2.45) is 0 Å². The Balaban J connectivity index is 0. The first kappa shape index (κ1) is 11.2. The van der Waals surface area contributed by atoms with Crippen molar-refractivity contribution >= 4 is 5.91 Å². The summed E-state index contributed by atoms with van der Waals surface area (Å²) >= 11 is 0. The number of amides is 1. The predicted molar refractivity (Wildman–Crippen MR) is 25.7 cm³/mol. The molecule has 1 N–H and O–H groups in total. The Kier molecular flexibility index (Phi) is 6.91. The second kappa shape index (κ2) is 5.54. The van der Waals surface area contributed by atoms with Gasteiger partial charge in [-0.05, 0) is 0 Å². The largest absolute Gasteiger partial charge is 3.00 e. The number of rotatable bonds is 2. The average Bonchev–Trinajstić information content (AvgIpc) is 1.61. The Morgan fingerprint density at radius 2 is 2.22 bits per heavy atom. The van der Waals surface area contributed by atoms with Crippen molar-refractivity contribution in [3.63, 3.8) is 0 Å². The van der Waals surface area contributed by atoms with Crippen molar-refractivity contribution in [1.82, 2.24) is 5.32 Å². The molecule has 1 radical (unpaired) electrons. The molecule has 0 aliphatic rings. The van der Waals surface area contributed by atoms with E-state index < -0.39 is 11.6 Å². The van der Waals surface area contributed by atoms with Gasteiger partial charge in [-0.3, -0.25) is 20.2 Å². The Labute approximate surface area is 62.7 Å². The molecule has 0 rings (SSSR count). The number of hydrogen-bond acceptors (Lipinski definition) is 3. The summed E-state index contributed by atoms with van der Waals surface area (Å²) in [6.45, 7) is 0.735. The van der Waals surface area contributed by atoms with Crippen LogP contribution in [0.4, 0.5) is 0 Å². The molecule has 6 heteroatoms. The molecule has 0 heterocycles. The summed E-state index contributed by atoms with van der Waals surface area (Å²) < 4.78 is 0. The van der Waals surface area contributed by atoms with E-state index in [1.54, 1.807) is 0 Å². The van der Waals surface area contributed by atoms with Crippen molar-refractivity contribution in [3.8, 4) is 0 Å². The summed E-state index contributed by atoms with van der Waals surface area (Å²) in [4.78, 5) is 18.8. The van der Waals surface area contributed by atoms with Crippen LogP contribution in [0.2, 0.25) is 0 Å². The minimum atomic E-state index is -0.610. The number of hydrogen-bond donors (Lipinski definition) is 1. The Morgan fingerprint density at radius 1 is 1.78 bits per heavy atom. The Bertz CT molecular complexity index is 102. The molecule has 0 aromatic rings. The van der Waals surface area contributed by atoms with E-state index in [4.69, 9.17) is 0 Å². The summed E-state index contributed by atoms with van der Waals surface area (Å²) in [7, 11) is 0. The number of carbonyl (C=O) groups is 1. The summed E-state index contributed by atoms with van der Waals surface area (Å²) in [6, 6.07) is 0. The van der Waals surface area contributed by atoms with Crippen LogP contribution < -0.4 is 5.32 Å². The van der Waals surface area contributed by atoms with E-state index >= 15 is 0 Å². The summed E-state index contributed by atoms with van der Waals surface area (Å²) in [5.41, 5.74) is 0. The molecule has 0 saturated carbocycles. The van der Waals surface area contributed by atoms with Gasteiger partial charge in [0.25, 0.3) is 6.67 Å².